The molecule has 0 fully saturated rings. The van der Waals surface area contributed by atoms with Crippen molar-refractivity contribution in [3.05, 3.63) is 54.6 Å². The zero-order valence-corrected chi connectivity index (χ0v) is 9.58. The molecule has 88 valence electrons. The van der Waals surface area contributed by atoms with Crippen molar-refractivity contribution < 1.29 is 5.11 Å². The smallest absolute Gasteiger partial charge is 0.0610 e. The third-order valence-electron chi connectivity index (χ3n) is 2.60. The summed E-state index contributed by atoms with van der Waals surface area (Å²) in [5.41, 5.74) is 8.50. The number of hydrogen-bond donors (Lipinski definition) is 2. The van der Waals surface area contributed by atoms with Crippen LogP contribution >= 0.6 is 0 Å². The molecule has 0 amide bonds. The van der Waals surface area contributed by atoms with Crippen LogP contribution < -0.4 is 10.6 Å². The molecule has 0 aromatic heterocycles. The molecule has 0 saturated heterocycles. The zero-order valence-electron chi connectivity index (χ0n) is 9.58. The van der Waals surface area contributed by atoms with Crippen molar-refractivity contribution in [2.45, 2.75) is 0 Å². The first-order valence-corrected chi connectivity index (χ1v) is 5.60. The lowest BCUT2D eigenvalue weighted by molar-refractivity contribution is 0.305. The van der Waals surface area contributed by atoms with Crippen LogP contribution in [-0.4, -0.2) is 18.3 Å². The molecule has 0 aliphatic heterocycles. The van der Waals surface area contributed by atoms with Crippen molar-refractivity contribution in [2.24, 2.45) is 0 Å². The Kier molecular flexibility index (Phi) is 3.62. The predicted molar refractivity (Wildman–Crippen MR) is 71.4 cm³/mol. The Bertz CT molecular complexity index is 453. The zero-order chi connectivity index (χ0) is 12.1. The Hall–Kier alpha value is -2.00. The SMILES string of the molecule is Nc1ccc(N(CCO)c2ccccc2)cc1. The summed E-state index contributed by atoms with van der Waals surface area (Å²) >= 11 is 0. The van der Waals surface area contributed by atoms with Gasteiger partial charge in [0.1, 0.15) is 0 Å². The van der Waals surface area contributed by atoms with E-state index < -0.39 is 0 Å². The molecule has 2 aromatic carbocycles. The standard InChI is InChI=1S/C14H16N2O/c15-12-6-8-14(9-7-12)16(10-11-17)13-4-2-1-3-5-13/h1-9,17H,10-11,15H2. The summed E-state index contributed by atoms with van der Waals surface area (Å²) in [6, 6.07) is 17.6. The van der Waals surface area contributed by atoms with E-state index in [2.05, 4.69) is 4.90 Å². The number of aliphatic hydroxyl groups excluding tert-OH is 1. The summed E-state index contributed by atoms with van der Waals surface area (Å²) in [6.45, 7) is 0.674. The van der Waals surface area contributed by atoms with E-state index in [1.807, 2.05) is 54.6 Å². The number of rotatable bonds is 4. The topological polar surface area (TPSA) is 49.5 Å². The summed E-state index contributed by atoms with van der Waals surface area (Å²) in [5.74, 6) is 0. The van der Waals surface area contributed by atoms with Gasteiger partial charge in [-0.1, -0.05) is 18.2 Å². The number of para-hydroxylation sites is 1. The summed E-state index contributed by atoms with van der Waals surface area (Å²) in [6.07, 6.45) is 0. The molecule has 3 heteroatoms. The Balaban J connectivity index is 2.32. The van der Waals surface area contributed by atoms with Gasteiger partial charge in [-0.05, 0) is 36.4 Å². The van der Waals surface area contributed by atoms with Crippen LogP contribution in [0.15, 0.2) is 54.6 Å². The third kappa shape index (κ3) is 2.77. The van der Waals surface area contributed by atoms with E-state index in [1.165, 1.54) is 0 Å². The molecule has 0 unspecified atom stereocenters. The molecule has 0 heterocycles. The van der Waals surface area contributed by atoms with E-state index in [0.29, 0.717) is 6.54 Å². The molecule has 17 heavy (non-hydrogen) atoms. The molecule has 2 rings (SSSR count). The van der Waals surface area contributed by atoms with Gasteiger partial charge in [0.25, 0.3) is 0 Å². The largest absolute Gasteiger partial charge is 0.399 e. The fourth-order valence-corrected chi connectivity index (χ4v) is 1.77. The molecule has 0 spiro atoms. The molecule has 2 aromatic rings. The van der Waals surface area contributed by atoms with Gasteiger partial charge >= 0.3 is 0 Å². The minimum atomic E-state index is 0.110. The first-order chi connectivity index (χ1) is 8.31. The molecule has 3 nitrogen and oxygen atoms in total. The van der Waals surface area contributed by atoms with Gasteiger partial charge in [-0.2, -0.15) is 0 Å². The van der Waals surface area contributed by atoms with Gasteiger partial charge < -0.3 is 15.7 Å². The highest BCUT2D eigenvalue weighted by Gasteiger charge is 2.07. The number of hydrogen-bond acceptors (Lipinski definition) is 3. The van der Waals surface area contributed by atoms with Crippen molar-refractivity contribution in [1.82, 2.24) is 0 Å². The lowest BCUT2D eigenvalue weighted by Gasteiger charge is -2.24. The second-order valence-corrected chi connectivity index (χ2v) is 3.80. The van der Waals surface area contributed by atoms with Crippen LogP contribution in [0.25, 0.3) is 0 Å². The average molecular weight is 228 g/mol. The minimum Gasteiger partial charge on any atom is -0.399 e. The quantitative estimate of drug-likeness (QED) is 0.790. The lowest BCUT2D eigenvalue weighted by Crippen LogP contribution is -2.20. The maximum absolute atomic E-state index is 9.15. The number of nitrogens with two attached hydrogens (primary N) is 1. The Morgan fingerprint density at radius 1 is 0.882 bits per heavy atom. The molecule has 3 N–H and O–H groups in total. The highest BCUT2D eigenvalue weighted by molar-refractivity contribution is 5.64. The Morgan fingerprint density at radius 2 is 1.47 bits per heavy atom. The number of aliphatic hydroxyl groups is 1. The molecule has 0 bridgehead atoms. The fourth-order valence-electron chi connectivity index (χ4n) is 1.77. The van der Waals surface area contributed by atoms with Gasteiger partial charge in [0.15, 0.2) is 0 Å². The van der Waals surface area contributed by atoms with Gasteiger partial charge in [-0.3, -0.25) is 0 Å². The third-order valence-corrected chi connectivity index (χ3v) is 2.60. The van der Waals surface area contributed by atoms with Crippen LogP contribution in [0.2, 0.25) is 0 Å². The molecular weight excluding hydrogens is 212 g/mol. The summed E-state index contributed by atoms with van der Waals surface area (Å²) in [4.78, 5) is 2.06. The van der Waals surface area contributed by atoms with Gasteiger partial charge in [0.2, 0.25) is 0 Å². The second-order valence-electron chi connectivity index (χ2n) is 3.80. The van der Waals surface area contributed by atoms with Crippen LogP contribution in [0.1, 0.15) is 0 Å². The first-order valence-electron chi connectivity index (χ1n) is 5.60. The van der Waals surface area contributed by atoms with Gasteiger partial charge in [0, 0.05) is 23.6 Å². The van der Waals surface area contributed by atoms with E-state index in [0.717, 1.165) is 17.1 Å². The highest BCUT2D eigenvalue weighted by Crippen LogP contribution is 2.25. The summed E-state index contributed by atoms with van der Waals surface area (Å²) < 4.78 is 0. The van der Waals surface area contributed by atoms with Crippen molar-refractivity contribution in [3.8, 4) is 0 Å². The number of anilines is 3. The Labute approximate surface area is 101 Å². The number of benzene rings is 2. The van der Waals surface area contributed by atoms with Crippen LogP contribution in [0.4, 0.5) is 17.1 Å². The molecule has 0 atom stereocenters. The van der Waals surface area contributed by atoms with Crippen molar-refractivity contribution in [2.75, 3.05) is 23.8 Å². The van der Waals surface area contributed by atoms with E-state index >= 15 is 0 Å². The highest BCUT2D eigenvalue weighted by atomic mass is 16.3. The second kappa shape index (κ2) is 5.37. The molecule has 0 radical (unpaired) electrons. The van der Waals surface area contributed by atoms with Crippen LogP contribution in [0.5, 0.6) is 0 Å². The molecule has 0 aliphatic rings. The van der Waals surface area contributed by atoms with Gasteiger partial charge in [0.05, 0.1) is 6.61 Å². The van der Waals surface area contributed by atoms with E-state index in [4.69, 9.17) is 10.8 Å². The average Bonchev–Trinajstić information content (AvgIpc) is 2.38. The molecule has 0 saturated carbocycles. The molecular formula is C14H16N2O. The van der Waals surface area contributed by atoms with Crippen LogP contribution in [0.3, 0.4) is 0 Å². The normalized spacial score (nSPS) is 10.2. The summed E-state index contributed by atoms with van der Waals surface area (Å²) in [5, 5.41) is 9.15. The van der Waals surface area contributed by atoms with Crippen LogP contribution in [-0.2, 0) is 0 Å². The van der Waals surface area contributed by atoms with E-state index in [-0.39, 0.29) is 6.61 Å². The van der Waals surface area contributed by atoms with Gasteiger partial charge in [-0.15, -0.1) is 0 Å². The number of nitrogens with zero attached hydrogens (tertiary/aromatic N) is 1. The van der Waals surface area contributed by atoms with Gasteiger partial charge in [-0.25, -0.2) is 0 Å². The van der Waals surface area contributed by atoms with Crippen LogP contribution in [0, 0.1) is 0 Å². The van der Waals surface area contributed by atoms with Crippen molar-refractivity contribution in [1.29, 1.82) is 0 Å². The Morgan fingerprint density at radius 3 is 2.06 bits per heavy atom. The van der Waals surface area contributed by atoms with Crippen molar-refractivity contribution >= 4 is 17.1 Å². The van der Waals surface area contributed by atoms with E-state index in [1.54, 1.807) is 0 Å². The maximum Gasteiger partial charge on any atom is 0.0610 e. The number of nitrogen functional groups attached to an aromatic ring is 1. The lowest BCUT2D eigenvalue weighted by atomic mass is 10.2. The summed E-state index contributed by atoms with van der Waals surface area (Å²) in [7, 11) is 0. The maximum atomic E-state index is 9.15. The minimum absolute atomic E-state index is 0.110. The molecule has 0 aliphatic carbocycles. The van der Waals surface area contributed by atoms with E-state index in [9.17, 15) is 0 Å². The first kappa shape index (κ1) is 11.5. The fraction of sp³-hybridized carbons (Fsp3) is 0.143. The van der Waals surface area contributed by atoms with Crippen molar-refractivity contribution in [3.63, 3.8) is 0 Å². The monoisotopic (exact) mass is 228 g/mol. The predicted octanol–water partition coefficient (Wildman–Crippen LogP) is 2.40.